The summed E-state index contributed by atoms with van der Waals surface area (Å²) >= 11 is 5.96. The minimum atomic E-state index is -4.02. The second-order valence-electron chi connectivity index (χ2n) is 8.22. The number of ether oxygens (including phenoxy) is 1. The molecule has 0 aliphatic heterocycles. The summed E-state index contributed by atoms with van der Waals surface area (Å²) in [6.07, 6.45) is 1.46. The number of sulfonamides is 1. The number of carbonyl (C=O) groups is 1. The van der Waals surface area contributed by atoms with Gasteiger partial charge in [-0.25, -0.2) is 13.1 Å². The Morgan fingerprint density at radius 1 is 1.00 bits per heavy atom. The predicted molar refractivity (Wildman–Crippen MR) is 141 cm³/mol. The average Bonchev–Trinajstić information content (AvgIpc) is 3.23. The number of carbonyl (C=O) groups excluding carboxylic acids is 1. The number of hydrogen-bond acceptors (Lipinski definition) is 5. The van der Waals surface area contributed by atoms with E-state index in [0.717, 1.165) is 16.8 Å². The van der Waals surface area contributed by atoms with Gasteiger partial charge in [0.1, 0.15) is 10.6 Å². The molecule has 0 radical (unpaired) electrons. The van der Waals surface area contributed by atoms with E-state index in [1.54, 1.807) is 41.9 Å². The minimum absolute atomic E-state index is 0.0981. The number of amides is 1. The zero-order chi connectivity index (χ0) is 26.0. The molecule has 4 rings (SSSR count). The maximum absolute atomic E-state index is 13.3. The number of nitrogens with zero attached hydrogens (tertiary/aromatic N) is 2. The number of aryl methyl sites for hydroxylation is 2. The van der Waals surface area contributed by atoms with Crippen molar-refractivity contribution in [2.75, 3.05) is 17.1 Å². The first-order valence-electron chi connectivity index (χ1n) is 11.0. The highest BCUT2D eigenvalue weighted by Crippen LogP contribution is 2.31. The number of para-hydroxylation sites is 1. The zero-order valence-electron chi connectivity index (χ0n) is 20.2. The van der Waals surface area contributed by atoms with Crippen molar-refractivity contribution in [2.45, 2.75) is 25.7 Å². The van der Waals surface area contributed by atoms with Gasteiger partial charge in [0.2, 0.25) is 0 Å². The van der Waals surface area contributed by atoms with Gasteiger partial charge in [-0.3, -0.25) is 9.52 Å². The molecular weight excluding hydrogens is 500 g/mol. The van der Waals surface area contributed by atoms with E-state index in [1.807, 2.05) is 32.0 Å². The van der Waals surface area contributed by atoms with Crippen LogP contribution in [0.15, 0.2) is 71.8 Å². The predicted octanol–water partition coefficient (Wildman–Crippen LogP) is 5.51. The fraction of sp³-hybridized carbons (Fsp3) is 0.154. The Balaban J connectivity index is 1.63. The quantitative estimate of drug-likeness (QED) is 0.332. The molecule has 1 aromatic heterocycles. The summed E-state index contributed by atoms with van der Waals surface area (Å²) in [5.74, 6) is -0.276. The topological polar surface area (TPSA) is 102 Å². The third kappa shape index (κ3) is 5.07. The first kappa shape index (κ1) is 25.3. The van der Waals surface area contributed by atoms with Crippen LogP contribution in [0.4, 0.5) is 11.4 Å². The second kappa shape index (κ2) is 10.0. The van der Waals surface area contributed by atoms with Gasteiger partial charge in [0, 0.05) is 10.7 Å². The zero-order valence-corrected chi connectivity index (χ0v) is 21.7. The van der Waals surface area contributed by atoms with Gasteiger partial charge in [-0.15, -0.1) is 0 Å². The van der Waals surface area contributed by atoms with Crippen LogP contribution in [-0.4, -0.2) is 31.2 Å². The Morgan fingerprint density at radius 2 is 1.67 bits per heavy atom. The van der Waals surface area contributed by atoms with E-state index in [-0.39, 0.29) is 10.6 Å². The number of anilines is 2. The number of halogens is 1. The van der Waals surface area contributed by atoms with E-state index in [0.29, 0.717) is 27.7 Å². The fourth-order valence-electron chi connectivity index (χ4n) is 3.80. The van der Waals surface area contributed by atoms with Crippen LogP contribution in [-0.2, 0) is 10.0 Å². The second-order valence-corrected chi connectivity index (χ2v) is 10.3. The van der Waals surface area contributed by atoms with Crippen LogP contribution in [0.2, 0.25) is 5.02 Å². The van der Waals surface area contributed by atoms with Gasteiger partial charge in [0.05, 0.1) is 35.9 Å². The third-order valence-corrected chi connectivity index (χ3v) is 7.38. The molecule has 3 aromatic carbocycles. The summed E-state index contributed by atoms with van der Waals surface area (Å²) in [5.41, 5.74) is 4.09. The van der Waals surface area contributed by atoms with Crippen LogP contribution in [0.25, 0.3) is 5.69 Å². The van der Waals surface area contributed by atoms with Gasteiger partial charge in [0.25, 0.3) is 15.9 Å². The largest absolute Gasteiger partial charge is 0.495 e. The number of benzene rings is 3. The maximum Gasteiger partial charge on any atom is 0.265 e. The highest BCUT2D eigenvalue weighted by molar-refractivity contribution is 7.92. The molecule has 0 bridgehead atoms. The van der Waals surface area contributed by atoms with E-state index in [1.165, 1.54) is 25.4 Å². The third-order valence-electron chi connectivity index (χ3n) is 5.75. The number of methoxy groups -OCH3 is 1. The van der Waals surface area contributed by atoms with Gasteiger partial charge in [-0.1, -0.05) is 29.8 Å². The molecule has 10 heteroatoms. The number of rotatable bonds is 7. The summed E-state index contributed by atoms with van der Waals surface area (Å²) in [4.78, 5) is 12.9. The van der Waals surface area contributed by atoms with Crippen LogP contribution in [0.5, 0.6) is 5.75 Å². The maximum atomic E-state index is 13.3. The molecule has 0 spiro atoms. The van der Waals surface area contributed by atoms with Crippen LogP contribution < -0.4 is 14.8 Å². The molecule has 186 valence electrons. The monoisotopic (exact) mass is 524 g/mol. The Hall–Kier alpha value is -3.82. The van der Waals surface area contributed by atoms with Gasteiger partial charge >= 0.3 is 0 Å². The first-order valence-corrected chi connectivity index (χ1v) is 12.9. The Kier molecular flexibility index (Phi) is 7.05. The van der Waals surface area contributed by atoms with Crippen molar-refractivity contribution in [3.05, 3.63) is 94.3 Å². The summed E-state index contributed by atoms with van der Waals surface area (Å²) in [7, 11) is -2.63. The van der Waals surface area contributed by atoms with Crippen LogP contribution in [0.3, 0.4) is 0 Å². The highest BCUT2D eigenvalue weighted by Gasteiger charge is 2.23. The lowest BCUT2D eigenvalue weighted by Gasteiger charge is -2.16. The molecule has 0 saturated carbocycles. The van der Waals surface area contributed by atoms with E-state index in [9.17, 15) is 13.2 Å². The van der Waals surface area contributed by atoms with E-state index < -0.39 is 15.9 Å². The summed E-state index contributed by atoms with van der Waals surface area (Å²) in [5, 5.41) is 7.67. The highest BCUT2D eigenvalue weighted by atomic mass is 35.5. The van der Waals surface area contributed by atoms with Gasteiger partial charge in [-0.2, -0.15) is 5.10 Å². The number of nitrogens with one attached hydrogen (secondary N) is 2. The molecule has 0 aliphatic rings. The normalized spacial score (nSPS) is 11.2. The summed E-state index contributed by atoms with van der Waals surface area (Å²) < 4.78 is 36.2. The molecule has 0 aliphatic carbocycles. The smallest absolute Gasteiger partial charge is 0.265 e. The van der Waals surface area contributed by atoms with Gasteiger partial charge in [0.15, 0.2) is 0 Å². The average molecular weight is 525 g/mol. The molecule has 8 nitrogen and oxygen atoms in total. The SMILES string of the molecule is COc1ccc(NC(=O)c2cnn(-c3ccc(Cl)cc3)c2C)cc1S(=O)(=O)Nc1c(C)cccc1C. The van der Waals surface area contributed by atoms with Crippen molar-refractivity contribution in [2.24, 2.45) is 0 Å². The Bertz CT molecular complexity index is 1530. The Morgan fingerprint density at radius 3 is 2.31 bits per heavy atom. The molecular formula is C26H25ClN4O4S. The van der Waals surface area contributed by atoms with Crippen molar-refractivity contribution in [1.29, 1.82) is 0 Å². The number of hydrogen-bond donors (Lipinski definition) is 2. The van der Waals surface area contributed by atoms with Crippen molar-refractivity contribution < 1.29 is 17.9 Å². The van der Waals surface area contributed by atoms with E-state index in [4.69, 9.17) is 16.3 Å². The number of aromatic nitrogens is 2. The van der Waals surface area contributed by atoms with Gasteiger partial charge in [-0.05, 0) is 74.4 Å². The minimum Gasteiger partial charge on any atom is -0.495 e. The van der Waals surface area contributed by atoms with Crippen molar-refractivity contribution >= 4 is 38.9 Å². The van der Waals surface area contributed by atoms with Crippen LogP contribution >= 0.6 is 11.6 Å². The van der Waals surface area contributed by atoms with Crippen molar-refractivity contribution in [1.82, 2.24) is 9.78 Å². The molecule has 1 amide bonds. The lowest BCUT2D eigenvalue weighted by Crippen LogP contribution is -2.17. The lowest BCUT2D eigenvalue weighted by atomic mass is 10.1. The van der Waals surface area contributed by atoms with Crippen molar-refractivity contribution in [3.8, 4) is 11.4 Å². The molecule has 4 aromatic rings. The first-order chi connectivity index (χ1) is 17.1. The van der Waals surface area contributed by atoms with Crippen molar-refractivity contribution in [3.63, 3.8) is 0 Å². The lowest BCUT2D eigenvalue weighted by molar-refractivity contribution is 0.102. The van der Waals surface area contributed by atoms with Crippen LogP contribution in [0.1, 0.15) is 27.2 Å². The summed E-state index contributed by atoms with van der Waals surface area (Å²) in [6, 6.07) is 17.0. The Labute approximate surface area is 214 Å². The molecule has 1 heterocycles. The molecule has 0 atom stereocenters. The van der Waals surface area contributed by atoms with Gasteiger partial charge < -0.3 is 10.1 Å². The standard InChI is InChI=1S/C26H25ClN4O4S/c1-16-6-5-7-17(2)25(16)30-36(33,34)24-14-20(10-13-23(24)35-4)29-26(32)22-15-28-31(18(22)3)21-11-8-19(27)9-12-21/h5-15,30H,1-4H3,(H,29,32). The molecule has 0 saturated heterocycles. The van der Waals surface area contributed by atoms with E-state index >= 15 is 0 Å². The summed E-state index contributed by atoms with van der Waals surface area (Å²) in [6.45, 7) is 5.42. The fourth-order valence-corrected chi connectivity index (χ4v) is 5.33. The van der Waals surface area contributed by atoms with E-state index in [2.05, 4.69) is 15.1 Å². The molecule has 36 heavy (non-hydrogen) atoms. The van der Waals surface area contributed by atoms with Crippen LogP contribution in [0, 0.1) is 20.8 Å². The molecule has 0 fully saturated rings. The molecule has 0 unspecified atom stereocenters. The molecule has 2 N–H and O–H groups in total.